The normalized spacial score (nSPS) is 12.4. The van der Waals surface area contributed by atoms with Crippen molar-refractivity contribution in [2.45, 2.75) is 26.8 Å². The van der Waals surface area contributed by atoms with Gasteiger partial charge in [-0.2, -0.15) is 0 Å². The molecule has 0 saturated heterocycles. The number of carbonyl (C=O) groups excluding carboxylic acids is 1. The first-order chi connectivity index (χ1) is 10.0. The van der Waals surface area contributed by atoms with Crippen molar-refractivity contribution in [1.29, 1.82) is 0 Å². The van der Waals surface area contributed by atoms with Gasteiger partial charge in [-0.1, -0.05) is 6.07 Å². The summed E-state index contributed by atoms with van der Waals surface area (Å²) in [5, 5.41) is 0. The molecule has 1 aromatic heterocycles. The van der Waals surface area contributed by atoms with Gasteiger partial charge in [0.2, 0.25) is 11.9 Å². The molecule has 0 aliphatic carbocycles. The molecule has 114 valence electrons. The second-order valence-corrected chi connectivity index (χ2v) is 4.85. The van der Waals surface area contributed by atoms with Gasteiger partial charge < -0.3 is 15.4 Å². The van der Waals surface area contributed by atoms with Crippen LogP contribution in [0.5, 0.6) is 5.75 Å². The summed E-state index contributed by atoms with van der Waals surface area (Å²) in [6, 6.07) is 5.19. The molecule has 0 saturated carbocycles. The molecule has 1 heterocycles. The van der Waals surface area contributed by atoms with Crippen LogP contribution < -0.4 is 10.5 Å². The lowest BCUT2D eigenvalue weighted by molar-refractivity contribution is -0.133. The van der Waals surface area contributed by atoms with E-state index in [1.54, 1.807) is 16.6 Å². The molecule has 0 aliphatic heterocycles. The number of para-hydroxylation sites is 1. The maximum atomic E-state index is 12.5. The number of nitrogens with zero attached hydrogens (tertiary/aromatic N) is 3. The van der Waals surface area contributed by atoms with Gasteiger partial charge in [0.1, 0.15) is 17.3 Å². The van der Waals surface area contributed by atoms with Crippen molar-refractivity contribution in [1.82, 2.24) is 14.5 Å². The van der Waals surface area contributed by atoms with Crippen molar-refractivity contribution in [3.05, 3.63) is 18.2 Å². The Morgan fingerprint density at radius 1 is 1.43 bits per heavy atom. The van der Waals surface area contributed by atoms with Crippen LogP contribution in [0.3, 0.4) is 0 Å². The first kappa shape index (κ1) is 15.2. The Kier molecular flexibility index (Phi) is 4.35. The number of hydrogen-bond acceptors (Lipinski definition) is 4. The predicted octanol–water partition coefficient (Wildman–Crippen LogP) is 2.06. The molecule has 0 aliphatic rings. The standard InChI is InChI=1S/C15H22N4O2/c1-5-18(6-2)14(20)10(3)19-11-8-7-9-12(21-4)13(11)17-15(19)16/h7-10H,5-6H2,1-4H3,(H2,16,17). The number of nitrogens with two attached hydrogens (primary N) is 1. The van der Waals surface area contributed by atoms with Crippen LogP contribution in [0.1, 0.15) is 26.8 Å². The van der Waals surface area contributed by atoms with Crippen molar-refractivity contribution in [3.63, 3.8) is 0 Å². The van der Waals surface area contributed by atoms with Crippen LogP contribution in [-0.4, -0.2) is 40.6 Å². The van der Waals surface area contributed by atoms with Crippen LogP contribution in [0.2, 0.25) is 0 Å². The van der Waals surface area contributed by atoms with Crippen molar-refractivity contribution in [3.8, 4) is 5.75 Å². The van der Waals surface area contributed by atoms with Crippen molar-refractivity contribution in [2.24, 2.45) is 0 Å². The first-order valence-electron chi connectivity index (χ1n) is 7.14. The quantitative estimate of drug-likeness (QED) is 0.914. The van der Waals surface area contributed by atoms with Gasteiger partial charge in [0.25, 0.3) is 0 Å². The fourth-order valence-electron chi connectivity index (χ4n) is 2.59. The number of nitrogen functional groups attached to an aromatic ring is 1. The highest BCUT2D eigenvalue weighted by molar-refractivity contribution is 5.88. The molecule has 0 fully saturated rings. The fraction of sp³-hybridized carbons (Fsp3) is 0.467. The largest absolute Gasteiger partial charge is 0.494 e. The smallest absolute Gasteiger partial charge is 0.245 e. The number of methoxy groups -OCH3 is 1. The number of benzene rings is 1. The average molecular weight is 290 g/mol. The minimum absolute atomic E-state index is 0.0359. The Labute approximate surface area is 124 Å². The van der Waals surface area contributed by atoms with E-state index in [9.17, 15) is 4.79 Å². The monoisotopic (exact) mass is 290 g/mol. The number of amides is 1. The molecule has 2 aromatic rings. The number of fused-ring (bicyclic) bond motifs is 1. The molecule has 21 heavy (non-hydrogen) atoms. The third kappa shape index (κ3) is 2.53. The Balaban J connectivity index is 2.51. The minimum atomic E-state index is -0.401. The van der Waals surface area contributed by atoms with Gasteiger partial charge in [-0.3, -0.25) is 9.36 Å². The lowest BCUT2D eigenvalue weighted by Crippen LogP contribution is -2.36. The molecule has 6 heteroatoms. The summed E-state index contributed by atoms with van der Waals surface area (Å²) in [7, 11) is 1.59. The number of hydrogen-bond donors (Lipinski definition) is 1. The van der Waals surface area contributed by atoms with Gasteiger partial charge in [0.15, 0.2) is 0 Å². The molecule has 0 spiro atoms. The third-order valence-corrected chi connectivity index (χ3v) is 3.75. The highest BCUT2D eigenvalue weighted by Gasteiger charge is 2.24. The van der Waals surface area contributed by atoms with Gasteiger partial charge >= 0.3 is 0 Å². The molecule has 0 bridgehead atoms. The molecular weight excluding hydrogens is 268 g/mol. The van der Waals surface area contributed by atoms with Crippen LogP contribution in [0.15, 0.2) is 18.2 Å². The Morgan fingerprint density at radius 3 is 2.67 bits per heavy atom. The van der Waals surface area contributed by atoms with Crippen molar-refractivity contribution < 1.29 is 9.53 Å². The average Bonchev–Trinajstić information content (AvgIpc) is 2.83. The Hall–Kier alpha value is -2.24. The van der Waals surface area contributed by atoms with Crippen molar-refractivity contribution >= 4 is 22.9 Å². The third-order valence-electron chi connectivity index (χ3n) is 3.75. The Morgan fingerprint density at radius 2 is 2.10 bits per heavy atom. The maximum absolute atomic E-state index is 12.5. The zero-order valence-corrected chi connectivity index (χ0v) is 13.0. The second-order valence-electron chi connectivity index (χ2n) is 4.85. The summed E-state index contributed by atoms with van der Waals surface area (Å²) in [6.45, 7) is 7.13. The summed E-state index contributed by atoms with van der Waals surface area (Å²) in [5.41, 5.74) is 7.51. The molecule has 2 N–H and O–H groups in total. The van der Waals surface area contributed by atoms with Crippen LogP contribution in [0, 0.1) is 0 Å². The van der Waals surface area contributed by atoms with Crippen molar-refractivity contribution in [2.75, 3.05) is 25.9 Å². The van der Waals surface area contributed by atoms with Gasteiger partial charge in [-0.25, -0.2) is 4.98 Å². The minimum Gasteiger partial charge on any atom is -0.494 e. The maximum Gasteiger partial charge on any atom is 0.245 e. The molecule has 1 amide bonds. The number of likely N-dealkylation sites (N-methyl/N-ethyl adjacent to an activating group) is 1. The summed E-state index contributed by atoms with van der Waals surface area (Å²) in [4.78, 5) is 18.7. The highest BCUT2D eigenvalue weighted by Crippen LogP contribution is 2.29. The zero-order chi connectivity index (χ0) is 15.6. The highest BCUT2D eigenvalue weighted by atomic mass is 16.5. The summed E-state index contributed by atoms with van der Waals surface area (Å²) in [6.07, 6.45) is 0. The number of ether oxygens (including phenoxy) is 1. The van der Waals surface area contributed by atoms with Crippen LogP contribution in [0.4, 0.5) is 5.95 Å². The van der Waals surface area contributed by atoms with E-state index in [1.165, 1.54) is 0 Å². The topological polar surface area (TPSA) is 73.4 Å². The second kappa shape index (κ2) is 6.03. The lowest BCUT2D eigenvalue weighted by Gasteiger charge is -2.24. The molecular formula is C15H22N4O2. The van der Waals surface area contributed by atoms with E-state index in [0.29, 0.717) is 30.3 Å². The SMILES string of the molecule is CCN(CC)C(=O)C(C)n1c(N)nc2c(OC)cccc21. The van der Waals surface area contributed by atoms with E-state index in [1.807, 2.05) is 39.0 Å². The number of imidazole rings is 1. The summed E-state index contributed by atoms with van der Waals surface area (Å²) < 4.78 is 7.06. The van der Waals surface area contributed by atoms with Gasteiger partial charge in [-0.15, -0.1) is 0 Å². The van der Waals surface area contributed by atoms with Crippen LogP contribution in [0.25, 0.3) is 11.0 Å². The van der Waals surface area contributed by atoms with E-state index in [2.05, 4.69) is 4.98 Å². The molecule has 1 atom stereocenters. The van der Waals surface area contributed by atoms with Gasteiger partial charge in [0.05, 0.1) is 12.6 Å². The molecule has 2 rings (SSSR count). The van der Waals surface area contributed by atoms with Gasteiger partial charge in [0, 0.05) is 13.1 Å². The number of rotatable bonds is 5. The zero-order valence-electron chi connectivity index (χ0n) is 13.0. The van der Waals surface area contributed by atoms with E-state index in [4.69, 9.17) is 10.5 Å². The fourth-order valence-corrected chi connectivity index (χ4v) is 2.59. The number of anilines is 1. The van der Waals surface area contributed by atoms with E-state index >= 15 is 0 Å². The van der Waals surface area contributed by atoms with E-state index in [0.717, 1.165) is 5.52 Å². The number of aromatic nitrogens is 2. The lowest BCUT2D eigenvalue weighted by atomic mass is 10.2. The Bertz CT molecular complexity index is 646. The van der Waals surface area contributed by atoms with E-state index < -0.39 is 6.04 Å². The van der Waals surface area contributed by atoms with Crippen LogP contribution >= 0.6 is 0 Å². The predicted molar refractivity (Wildman–Crippen MR) is 83.3 cm³/mol. The summed E-state index contributed by atoms with van der Waals surface area (Å²) >= 11 is 0. The molecule has 6 nitrogen and oxygen atoms in total. The molecule has 0 radical (unpaired) electrons. The first-order valence-corrected chi connectivity index (χ1v) is 7.14. The van der Waals surface area contributed by atoms with Gasteiger partial charge in [-0.05, 0) is 32.9 Å². The molecule has 1 unspecified atom stereocenters. The summed E-state index contributed by atoms with van der Waals surface area (Å²) in [5.74, 6) is 1.01. The van der Waals surface area contributed by atoms with E-state index in [-0.39, 0.29) is 5.91 Å². The van der Waals surface area contributed by atoms with Crippen LogP contribution in [-0.2, 0) is 4.79 Å². The number of carbonyl (C=O) groups is 1. The molecule has 1 aromatic carbocycles.